The van der Waals surface area contributed by atoms with Crippen LogP contribution in [0.15, 0.2) is 37.4 Å². The summed E-state index contributed by atoms with van der Waals surface area (Å²) in [4.78, 5) is 34.1. The smallest absolute Gasteiger partial charge is 0.230 e. The van der Waals surface area contributed by atoms with E-state index in [0.29, 0.717) is 29.3 Å². The molecule has 1 atom stereocenters. The molecule has 4 aromatic heterocycles. The van der Waals surface area contributed by atoms with Crippen molar-refractivity contribution in [3.63, 3.8) is 0 Å². The van der Waals surface area contributed by atoms with Gasteiger partial charge in [-0.1, -0.05) is 0 Å². The highest BCUT2D eigenvalue weighted by atomic mass is 16.2. The number of fused-ring (bicyclic) bond motifs is 1. The molecule has 146 valence electrons. The summed E-state index contributed by atoms with van der Waals surface area (Å²) < 4.78 is 1.54. The summed E-state index contributed by atoms with van der Waals surface area (Å²) in [7, 11) is 0. The van der Waals surface area contributed by atoms with Crippen molar-refractivity contribution >= 4 is 28.7 Å². The number of anilines is 2. The van der Waals surface area contributed by atoms with E-state index in [2.05, 4.69) is 50.4 Å². The Morgan fingerprint density at radius 3 is 2.86 bits per heavy atom. The van der Waals surface area contributed by atoms with Crippen LogP contribution in [0.3, 0.4) is 0 Å². The summed E-state index contributed by atoms with van der Waals surface area (Å²) in [5, 5.41) is 15.4. The van der Waals surface area contributed by atoms with Crippen molar-refractivity contribution in [2.75, 3.05) is 23.3 Å². The van der Waals surface area contributed by atoms with Crippen molar-refractivity contribution in [1.82, 2.24) is 44.9 Å². The Balaban J connectivity index is 1.29. The zero-order valence-corrected chi connectivity index (χ0v) is 15.3. The highest BCUT2D eigenvalue weighted by Gasteiger charge is 2.27. The summed E-state index contributed by atoms with van der Waals surface area (Å²) in [5.41, 5.74) is 1.13. The van der Waals surface area contributed by atoms with Crippen LogP contribution in [0.25, 0.3) is 17.0 Å². The SMILES string of the molecule is O=C(Nc1ncnc2nc[nH]c12)C1CCCN(c2ccc(-n3cncn3)nn2)C1. The predicted octanol–water partition coefficient (Wildman–Crippen LogP) is 0.579. The molecule has 1 amide bonds. The van der Waals surface area contributed by atoms with Gasteiger partial charge in [0.2, 0.25) is 5.91 Å². The fraction of sp³-hybridized carbons (Fsp3) is 0.294. The molecule has 1 aliphatic heterocycles. The van der Waals surface area contributed by atoms with Gasteiger partial charge >= 0.3 is 0 Å². The van der Waals surface area contributed by atoms with Crippen LogP contribution in [0, 0.1) is 5.92 Å². The normalized spacial score (nSPS) is 16.8. The molecule has 1 aliphatic rings. The molecule has 0 radical (unpaired) electrons. The van der Waals surface area contributed by atoms with Gasteiger partial charge in [0.15, 0.2) is 23.1 Å². The van der Waals surface area contributed by atoms with Crippen molar-refractivity contribution in [2.45, 2.75) is 12.8 Å². The van der Waals surface area contributed by atoms with Crippen LogP contribution < -0.4 is 10.2 Å². The molecule has 0 spiro atoms. The number of aromatic amines is 1. The van der Waals surface area contributed by atoms with E-state index in [1.54, 1.807) is 11.0 Å². The number of amides is 1. The molecule has 1 saturated heterocycles. The highest BCUT2D eigenvalue weighted by Crippen LogP contribution is 2.23. The number of rotatable bonds is 4. The maximum atomic E-state index is 12.8. The average molecular weight is 391 g/mol. The lowest BCUT2D eigenvalue weighted by Crippen LogP contribution is -2.41. The predicted molar refractivity (Wildman–Crippen MR) is 102 cm³/mol. The molecule has 12 heteroatoms. The summed E-state index contributed by atoms with van der Waals surface area (Å²) in [6.07, 6.45) is 7.60. The number of aromatic nitrogens is 9. The largest absolute Gasteiger partial charge is 0.354 e. The minimum atomic E-state index is -0.187. The first-order chi connectivity index (χ1) is 14.3. The monoisotopic (exact) mass is 391 g/mol. The first-order valence-electron chi connectivity index (χ1n) is 9.16. The fourth-order valence-corrected chi connectivity index (χ4v) is 3.41. The van der Waals surface area contributed by atoms with Gasteiger partial charge in [-0.3, -0.25) is 4.79 Å². The van der Waals surface area contributed by atoms with E-state index < -0.39 is 0 Å². The van der Waals surface area contributed by atoms with E-state index in [-0.39, 0.29) is 11.8 Å². The van der Waals surface area contributed by atoms with Gasteiger partial charge in [0.05, 0.1) is 12.2 Å². The third-order valence-electron chi connectivity index (χ3n) is 4.87. The second-order valence-corrected chi connectivity index (χ2v) is 6.69. The Morgan fingerprint density at radius 2 is 2.03 bits per heavy atom. The Kier molecular flexibility index (Phi) is 4.27. The van der Waals surface area contributed by atoms with Crippen LogP contribution in [0.4, 0.5) is 11.6 Å². The molecule has 1 unspecified atom stereocenters. The van der Waals surface area contributed by atoms with Crippen molar-refractivity contribution in [1.29, 1.82) is 0 Å². The van der Waals surface area contributed by atoms with Gasteiger partial charge in [-0.2, -0.15) is 5.10 Å². The van der Waals surface area contributed by atoms with Gasteiger partial charge in [-0.15, -0.1) is 10.2 Å². The van der Waals surface area contributed by atoms with Crippen molar-refractivity contribution in [2.24, 2.45) is 5.92 Å². The van der Waals surface area contributed by atoms with Crippen molar-refractivity contribution < 1.29 is 4.79 Å². The van der Waals surface area contributed by atoms with E-state index in [0.717, 1.165) is 25.2 Å². The molecule has 2 N–H and O–H groups in total. The van der Waals surface area contributed by atoms with Gasteiger partial charge in [0.1, 0.15) is 24.5 Å². The third-order valence-corrected chi connectivity index (χ3v) is 4.87. The maximum absolute atomic E-state index is 12.8. The van der Waals surface area contributed by atoms with Gasteiger partial charge in [0, 0.05) is 13.1 Å². The molecular weight excluding hydrogens is 374 g/mol. The standard InChI is InChI=1S/C17H17N11O/c29-17(24-16-14-15(20-8-19-14)21-9-22-16)11-2-1-5-27(6-11)12-3-4-13(26-25-12)28-10-18-7-23-28/h3-4,7-11H,1-2,5-6H2,(H2,19,20,21,22,24,29). The molecule has 0 aromatic carbocycles. The lowest BCUT2D eigenvalue weighted by atomic mass is 9.97. The Hall–Kier alpha value is -3.96. The minimum absolute atomic E-state index is 0.0866. The average Bonchev–Trinajstić information content (AvgIpc) is 3.47. The van der Waals surface area contributed by atoms with E-state index in [9.17, 15) is 4.79 Å². The summed E-state index contributed by atoms with van der Waals surface area (Å²) in [5.74, 6) is 1.48. The molecule has 12 nitrogen and oxygen atoms in total. The second kappa shape index (κ2) is 7.22. The number of nitrogens with zero attached hydrogens (tertiary/aromatic N) is 9. The number of hydrogen-bond acceptors (Lipinski definition) is 9. The number of H-pyrrole nitrogens is 1. The zero-order valence-electron chi connectivity index (χ0n) is 15.3. The summed E-state index contributed by atoms with van der Waals surface area (Å²) in [6, 6.07) is 3.71. The quantitative estimate of drug-likeness (QED) is 0.510. The van der Waals surface area contributed by atoms with Gasteiger partial charge in [0.25, 0.3) is 0 Å². The van der Waals surface area contributed by atoms with Gasteiger partial charge < -0.3 is 15.2 Å². The fourth-order valence-electron chi connectivity index (χ4n) is 3.41. The Labute approximate surface area is 164 Å². The molecule has 29 heavy (non-hydrogen) atoms. The van der Waals surface area contributed by atoms with Crippen molar-refractivity contribution in [3.8, 4) is 5.82 Å². The van der Waals surface area contributed by atoms with E-state index in [1.807, 2.05) is 12.1 Å². The Morgan fingerprint density at radius 1 is 1.14 bits per heavy atom. The number of carbonyl (C=O) groups is 1. The molecule has 0 aliphatic carbocycles. The number of hydrogen-bond donors (Lipinski definition) is 2. The molecular formula is C17H17N11O. The molecule has 4 aromatic rings. The van der Waals surface area contributed by atoms with Crippen LogP contribution in [-0.2, 0) is 4.79 Å². The first-order valence-corrected chi connectivity index (χ1v) is 9.16. The van der Waals surface area contributed by atoms with Crippen LogP contribution in [0.5, 0.6) is 0 Å². The molecule has 5 heterocycles. The number of carbonyl (C=O) groups excluding carboxylic acids is 1. The minimum Gasteiger partial charge on any atom is -0.354 e. The summed E-state index contributed by atoms with van der Waals surface area (Å²) >= 11 is 0. The number of nitrogens with one attached hydrogen (secondary N) is 2. The van der Waals surface area contributed by atoms with E-state index >= 15 is 0 Å². The molecule has 1 fully saturated rings. The maximum Gasteiger partial charge on any atom is 0.230 e. The topological polar surface area (TPSA) is 143 Å². The second-order valence-electron chi connectivity index (χ2n) is 6.69. The van der Waals surface area contributed by atoms with Crippen LogP contribution in [0.1, 0.15) is 12.8 Å². The lowest BCUT2D eigenvalue weighted by Gasteiger charge is -2.32. The molecule has 5 rings (SSSR count). The van der Waals surface area contributed by atoms with Gasteiger partial charge in [-0.25, -0.2) is 24.6 Å². The zero-order chi connectivity index (χ0) is 19.6. The number of piperidine rings is 1. The number of imidazole rings is 1. The Bertz CT molecular complexity index is 1120. The molecule has 0 bridgehead atoms. The van der Waals surface area contributed by atoms with E-state index in [1.165, 1.54) is 19.0 Å². The first kappa shape index (κ1) is 17.2. The van der Waals surface area contributed by atoms with Gasteiger partial charge in [-0.05, 0) is 25.0 Å². The van der Waals surface area contributed by atoms with Crippen LogP contribution in [-0.4, -0.2) is 63.9 Å². The van der Waals surface area contributed by atoms with Crippen molar-refractivity contribution in [3.05, 3.63) is 37.4 Å². The van der Waals surface area contributed by atoms with E-state index in [4.69, 9.17) is 0 Å². The van der Waals surface area contributed by atoms with Crippen LogP contribution in [0.2, 0.25) is 0 Å². The molecule has 0 saturated carbocycles. The summed E-state index contributed by atoms with van der Waals surface area (Å²) in [6.45, 7) is 1.37. The highest BCUT2D eigenvalue weighted by molar-refractivity contribution is 5.98. The lowest BCUT2D eigenvalue weighted by molar-refractivity contribution is -0.120. The van der Waals surface area contributed by atoms with Crippen LogP contribution >= 0.6 is 0 Å². The third kappa shape index (κ3) is 3.35.